The fourth-order valence-corrected chi connectivity index (χ4v) is 3.29. The van der Waals surface area contributed by atoms with E-state index in [0.717, 1.165) is 21.5 Å². The summed E-state index contributed by atoms with van der Waals surface area (Å²) in [6.07, 6.45) is 3.25. The molecule has 2 aromatic heterocycles. The van der Waals surface area contributed by atoms with Gasteiger partial charge in [-0.2, -0.15) is 5.10 Å². The lowest BCUT2D eigenvalue weighted by Crippen LogP contribution is -2.05. The predicted octanol–water partition coefficient (Wildman–Crippen LogP) is 3.71. The van der Waals surface area contributed by atoms with Gasteiger partial charge in [-0.05, 0) is 37.1 Å². The average molecular weight is 339 g/mol. The molecule has 0 atom stereocenters. The maximum Gasteiger partial charge on any atom is 0.221 e. The highest BCUT2D eigenvalue weighted by atomic mass is 32.1. The number of amides is 1. The zero-order valence-corrected chi connectivity index (χ0v) is 14.4. The van der Waals surface area contributed by atoms with Crippen molar-refractivity contribution < 1.29 is 4.79 Å². The number of fused-ring (bicyclic) bond motifs is 1. The van der Waals surface area contributed by atoms with Crippen LogP contribution in [0.1, 0.15) is 22.9 Å². The molecule has 0 aliphatic rings. The van der Waals surface area contributed by atoms with Crippen LogP contribution in [0.25, 0.3) is 10.2 Å². The molecule has 1 aromatic carbocycles. The largest absolute Gasteiger partial charge is 0.326 e. The Labute approximate surface area is 143 Å². The zero-order chi connectivity index (χ0) is 17.1. The first-order chi connectivity index (χ1) is 11.5. The molecule has 6 nitrogen and oxygen atoms in total. The molecule has 0 saturated carbocycles. The summed E-state index contributed by atoms with van der Waals surface area (Å²) >= 11 is 1.65. The standard InChI is InChI=1S/C17H17N5OS/c1-10-11(2)24-17-15(10)16(18-9-19-17)22-20-8-13-4-6-14(7-5-13)21-12(3)23/h4-9H,1-3H3,(H,21,23)(H,18,19,22)/b20-8+. The quantitative estimate of drug-likeness (QED) is 0.561. The van der Waals surface area contributed by atoms with Crippen LogP contribution in [0.5, 0.6) is 0 Å². The number of hydrazone groups is 1. The van der Waals surface area contributed by atoms with Gasteiger partial charge in [0.2, 0.25) is 5.91 Å². The maximum absolute atomic E-state index is 11.0. The Hall–Kier alpha value is -2.80. The van der Waals surface area contributed by atoms with Gasteiger partial charge in [-0.3, -0.25) is 10.2 Å². The van der Waals surface area contributed by atoms with E-state index in [9.17, 15) is 4.79 Å². The Morgan fingerprint density at radius 2 is 1.96 bits per heavy atom. The van der Waals surface area contributed by atoms with Crippen molar-refractivity contribution >= 4 is 45.2 Å². The van der Waals surface area contributed by atoms with Gasteiger partial charge in [0.1, 0.15) is 11.2 Å². The van der Waals surface area contributed by atoms with Crippen LogP contribution in [0, 0.1) is 13.8 Å². The van der Waals surface area contributed by atoms with E-state index in [1.54, 1.807) is 17.6 Å². The molecule has 0 aliphatic heterocycles. The lowest BCUT2D eigenvalue weighted by molar-refractivity contribution is -0.114. The van der Waals surface area contributed by atoms with Crippen molar-refractivity contribution in [3.63, 3.8) is 0 Å². The Morgan fingerprint density at radius 1 is 1.21 bits per heavy atom. The van der Waals surface area contributed by atoms with Crippen LogP contribution < -0.4 is 10.7 Å². The molecule has 0 bridgehead atoms. The smallest absolute Gasteiger partial charge is 0.221 e. The molecule has 0 aliphatic carbocycles. The molecule has 1 amide bonds. The van der Waals surface area contributed by atoms with Crippen molar-refractivity contribution in [2.75, 3.05) is 10.7 Å². The second kappa shape index (κ2) is 6.76. The lowest BCUT2D eigenvalue weighted by Gasteiger charge is -2.03. The number of hydrogen-bond donors (Lipinski definition) is 2. The van der Waals surface area contributed by atoms with Crippen molar-refractivity contribution in [1.29, 1.82) is 0 Å². The van der Waals surface area contributed by atoms with Crippen molar-refractivity contribution in [3.05, 3.63) is 46.6 Å². The first-order valence-electron chi connectivity index (χ1n) is 7.42. The monoisotopic (exact) mass is 339 g/mol. The van der Waals surface area contributed by atoms with Crippen molar-refractivity contribution in [1.82, 2.24) is 9.97 Å². The summed E-state index contributed by atoms with van der Waals surface area (Å²) in [5.41, 5.74) is 5.84. The number of aromatic nitrogens is 2. The molecular formula is C17H17N5OS. The predicted molar refractivity (Wildman–Crippen MR) is 98.9 cm³/mol. The van der Waals surface area contributed by atoms with Gasteiger partial charge >= 0.3 is 0 Å². The molecule has 2 heterocycles. The van der Waals surface area contributed by atoms with E-state index in [4.69, 9.17) is 0 Å². The van der Waals surface area contributed by atoms with Crippen molar-refractivity contribution in [2.45, 2.75) is 20.8 Å². The second-order valence-electron chi connectivity index (χ2n) is 5.36. The minimum absolute atomic E-state index is 0.0905. The number of hydrogen-bond acceptors (Lipinski definition) is 6. The number of aryl methyl sites for hydroxylation is 2. The molecule has 0 unspecified atom stereocenters. The summed E-state index contributed by atoms with van der Waals surface area (Å²) in [4.78, 5) is 21.8. The Morgan fingerprint density at radius 3 is 2.67 bits per heavy atom. The molecule has 3 aromatic rings. The van der Waals surface area contributed by atoms with Crippen LogP contribution in [-0.4, -0.2) is 22.1 Å². The van der Waals surface area contributed by atoms with E-state index in [-0.39, 0.29) is 5.91 Å². The summed E-state index contributed by atoms with van der Waals surface area (Å²) in [6.45, 7) is 5.62. The summed E-state index contributed by atoms with van der Waals surface area (Å²) in [6, 6.07) is 7.42. The van der Waals surface area contributed by atoms with Gasteiger partial charge in [0.25, 0.3) is 0 Å². The molecular weight excluding hydrogens is 322 g/mol. The third-order valence-corrected chi connectivity index (χ3v) is 4.70. The minimum atomic E-state index is -0.0905. The molecule has 7 heteroatoms. The number of carbonyl (C=O) groups is 1. The SMILES string of the molecule is CC(=O)Nc1ccc(/C=N/Nc2ncnc3sc(C)c(C)c23)cc1. The molecule has 2 N–H and O–H groups in total. The number of benzene rings is 1. The molecule has 122 valence electrons. The first-order valence-corrected chi connectivity index (χ1v) is 8.23. The molecule has 0 fully saturated rings. The highest BCUT2D eigenvalue weighted by molar-refractivity contribution is 7.18. The van der Waals surface area contributed by atoms with Gasteiger partial charge in [0, 0.05) is 17.5 Å². The molecule has 0 spiro atoms. The van der Waals surface area contributed by atoms with E-state index in [0.29, 0.717) is 5.82 Å². The lowest BCUT2D eigenvalue weighted by atomic mass is 10.2. The van der Waals surface area contributed by atoms with Crippen molar-refractivity contribution in [2.24, 2.45) is 5.10 Å². The molecule has 0 radical (unpaired) electrons. The summed E-state index contributed by atoms with van der Waals surface area (Å²) in [5, 5.41) is 7.99. The Bertz CT molecular complexity index is 915. The van der Waals surface area contributed by atoms with Gasteiger partial charge in [-0.25, -0.2) is 9.97 Å². The van der Waals surface area contributed by atoms with Crippen LogP contribution in [0.15, 0.2) is 35.7 Å². The number of rotatable bonds is 4. The molecule has 3 rings (SSSR count). The van der Waals surface area contributed by atoms with Gasteiger partial charge in [-0.15, -0.1) is 11.3 Å². The first kappa shape index (κ1) is 16.1. The van der Waals surface area contributed by atoms with Crippen LogP contribution >= 0.6 is 11.3 Å². The van der Waals surface area contributed by atoms with Crippen LogP contribution in [0.4, 0.5) is 11.5 Å². The Balaban J connectivity index is 1.76. The maximum atomic E-state index is 11.0. The third-order valence-electron chi connectivity index (χ3n) is 3.58. The normalized spacial score (nSPS) is 11.1. The second-order valence-corrected chi connectivity index (χ2v) is 6.56. The minimum Gasteiger partial charge on any atom is -0.326 e. The van der Waals surface area contributed by atoms with E-state index in [2.05, 4.69) is 39.7 Å². The molecule has 24 heavy (non-hydrogen) atoms. The van der Waals surface area contributed by atoms with E-state index in [1.807, 2.05) is 24.3 Å². The summed E-state index contributed by atoms with van der Waals surface area (Å²) < 4.78 is 0. The number of nitrogens with one attached hydrogen (secondary N) is 2. The van der Waals surface area contributed by atoms with Gasteiger partial charge in [0.15, 0.2) is 5.82 Å². The number of thiophene rings is 1. The average Bonchev–Trinajstić information content (AvgIpc) is 2.84. The molecule has 0 saturated heterocycles. The van der Waals surface area contributed by atoms with Gasteiger partial charge in [-0.1, -0.05) is 12.1 Å². The van der Waals surface area contributed by atoms with Gasteiger partial charge in [0.05, 0.1) is 11.6 Å². The highest BCUT2D eigenvalue weighted by Gasteiger charge is 2.11. The van der Waals surface area contributed by atoms with Crippen LogP contribution in [0.2, 0.25) is 0 Å². The van der Waals surface area contributed by atoms with Crippen LogP contribution in [0.3, 0.4) is 0 Å². The topological polar surface area (TPSA) is 79.3 Å². The van der Waals surface area contributed by atoms with Crippen LogP contribution in [-0.2, 0) is 4.79 Å². The zero-order valence-electron chi connectivity index (χ0n) is 13.6. The van der Waals surface area contributed by atoms with E-state index >= 15 is 0 Å². The summed E-state index contributed by atoms with van der Waals surface area (Å²) in [5.74, 6) is 0.611. The highest BCUT2D eigenvalue weighted by Crippen LogP contribution is 2.32. The fourth-order valence-electron chi connectivity index (χ4n) is 2.29. The van der Waals surface area contributed by atoms with E-state index in [1.165, 1.54) is 23.7 Å². The number of carbonyl (C=O) groups excluding carboxylic acids is 1. The third kappa shape index (κ3) is 3.41. The Kier molecular flexibility index (Phi) is 4.52. The van der Waals surface area contributed by atoms with Crippen molar-refractivity contribution in [3.8, 4) is 0 Å². The number of nitrogens with zero attached hydrogens (tertiary/aromatic N) is 3. The fraction of sp³-hybridized carbons (Fsp3) is 0.176. The van der Waals surface area contributed by atoms with E-state index < -0.39 is 0 Å². The summed E-state index contributed by atoms with van der Waals surface area (Å²) in [7, 11) is 0. The van der Waals surface area contributed by atoms with Gasteiger partial charge < -0.3 is 5.32 Å². The number of anilines is 2.